The van der Waals surface area contributed by atoms with E-state index in [0.29, 0.717) is 18.8 Å². The summed E-state index contributed by atoms with van der Waals surface area (Å²) in [5, 5.41) is 22.8. The minimum atomic E-state index is -0.831. The van der Waals surface area contributed by atoms with Crippen molar-refractivity contribution >= 4 is 17.3 Å². The van der Waals surface area contributed by atoms with Gasteiger partial charge in [-0.1, -0.05) is 13.3 Å². The van der Waals surface area contributed by atoms with Crippen molar-refractivity contribution in [1.29, 1.82) is 0 Å². The van der Waals surface area contributed by atoms with E-state index >= 15 is 0 Å². The summed E-state index contributed by atoms with van der Waals surface area (Å²) in [5.41, 5.74) is 0.591. The monoisotopic (exact) mass is 296 g/mol. The molecule has 0 fully saturated rings. The average Bonchev–Trinajstić information content (AvgIpc) is 2.43. The Balaban J connectivity index is 2.77. The number of carboxylic acid groups (broad SMARTS) is 1. The molecule has 7 nitrogen and oxygen atoms in total. The molecule has 0 spiro atoms. The minimum Gasteiger partial charge on any atom is -0.487 e. The van der Waals surface area contributed by atoms with Crippen LogP contribution < -0.4 is 10.1 Å². The van der Waals surface area contributed by atoms with Crippen LogP contribution in [0.1, 0.15) is 26.7 Å². The number of carbonyl (C=O) groups is 1. The van der Waals surface area contributed by atoms with Crippen molar-refractivity contribution in [3.63, 3.8) is 0 Å². The molecule has 0 heterocycles. The van der Waals surface area contributed by atoms with Crippen LogP contribution in [0.15, 0.2) is 18.2 Å². The second kappa shape index (κ2) is 8.08. The maximum absolute atomic E-state index is 10.9. The number of benzene rings is 1. The molecule has 0 aliphatic heterocycles. The van der Waals surface area contributed by atoms with Gasteiger partial charge in [-0.25, -0.2) is 0 Å². The third kappa shape index (κ3) is 5.29. The van der Waals surface area contributed by atoms with Crippen LogP contribution in [0.4, 0.5) is 11.4 Å². The van der Waals surface area contributed by atoms with Gasteiger partial charge in [0.1, 0.15) is 0 Å². The predicted molar refractivity (Wildman–Crippen MR) is 78.8 cm³/mol. The third-order valence-corrected chi connectivity index (χ3v) is 3.09. The van der Waals surface area contributed by atoms with Crippen LogP contribution in [-0.4, -0.2) is 29.2 Å². The molecule has 1 atom stereocenters. The fraction of sp³-hybridized carbons (Fsp3) is 0.500. The number of nitro groups is 1. The average molecular weight is 296 g/mol. The number of hydrogen-bond donors (Lipinski definition) is 2. The second-order valence-electron chi connectivity index (χ2n) is 4.63. The van der Waals surface area contributed by atoms with Crippen LogP contribution in [0.3, 0.4) is 0 Å². The van der Waals surface area contributed by atoms with E-state index in [2.05, 4.69) is 5.32 Å². The van der Waals surface area contributed by atoms with Crippen molar-refractivity contribution in [3.05, 3.63) is 28.3 Å². The largest absolute Gasteiger partial charge is 0.487 e. The smallest absolute Gasteiger partial charge is 0.311 e. The van der Waals surface area contributed by atoms with E-state index in [9.17, 15) is 14.9 Å². The normalized spacial score (nSPS) is 11.7. The quantitative estimate of drug-likeness (QED) is 0.536. The maximum atomic E-state index is 10.9. The fourth-order valence-electron chi connectivity index (χ4n) is 1.92. The Bertz CT molecular complexity index is 504. The van der Waals surface area contributed by atoms with Crippen molar-refractivity contribution in [1.82, 2.24) is 0 Å². The molecule has 0 aliphatic carbocycles. The highest BCUT2D eigenvalue weighted by Crippen LogP contribution is 2.30. The zero-order chi connectivity index (χ0) is 15.8. The maximum Gasteiger partial charge on any atom is 0.311 e. The standard InChI is InChI=1S/C14H20N2O5/c1-3-10(7-14(17)18)9-15-11-5-6-12(16(19)20)13(8-11)21-4-2/h5-6,8,10,15H,3-4,7,9H2,1-2H3,(H,17,18). The van der Waals surface area contributed by atoms with Crippen molar-refractivity contribution in [2.45, 2.75) is 26.7 Å². The zero-order valence-electron chi connectivity index (χ0n) is 12.2. The minimum absolute atomic E-state index is 0.00763. The molecule has 0 aromatic heterocycles. The Hall–Kier alpha value is -2.31. The first kappa shape index (κ1) is 16.7. The summed E-state index contributed by atoms with van der Waals surface area (Å²) in [5.74, 6) is -0.616. The summed E-state index contributed by atoms with van der Waals surface area (Å²) in [6.07, 6.45) is 0.833. The van der Waals surface area contributed by atoms with Crippen LogP contribution in [0.2, 0.25) is 0 Å². The number of nitro benzene ring substituents is 1. The number of carboxylic acids is 1. The van der Waals surface area contributed by atoms with Crippen LogP contribution in [0.25, 0.3) is 0 Å². The molecule has 1 aromatic carbocycles. The van der Waals surface area contributed by atoms with Gasteiger partial charge in [0.2, 0.25) is 0 Å². The van der Waals surface area contributed by atoms with Crippen molar-refractivity contribution < 1.29 is 19.6 Å². The highest BCUT2D eigenvalue weighted by molar-refractivity contribution is 5.67. The van der Waals surface area contributed by atoms with Crippen LogP contribution in [0.5, 0.6) is 5.75 Å². The molecule has 116 valence electrons. The number of rotatable bonds is 9. The number of aliphatic carboxylic acids is 1. The summed E-state index contributed by atoms with van der Waals surface area (Å²) in [4.78, 5) is 21.1. The lowest BCUT2D eigenvalue weighted by molar-refractivity contribution is -0.385. The topological polar surface area (TPSA) is 102 Å². The lowest BCUT2D eigenvalue weighted by atomic mass is 10.0. The van der Waals surface area contributed by atoms with Gasteiger partial charge in [0, 0.05) is 30.8 Å². The molecule has 1 aromatic rings. The molecule has 21 heavy (non-hydrogen) atoms. The first-order valence-electron chi connectivity index (χ1n) is 6.84. The molecule has 0 radical (unpaired) electrons. The Morgan fingerprint density at radius 3 is 2.71 bits per heavy atom. The number of hydrogen-bond acceptors (Lipinski definition) is 5. The van der Waals surface area contributed by atoms with Gasteiger partial charge in [-0.05, 0) is 18.9 Å². The highest BCUT2D eigenvalue weighted by Gasteiger charge is 2.16. The number of nitrogens with one attached hydrogen (secondary N) is 1. The molecule has 0 bridgehead atoms. The molecule has 2 N–H and O–H groups in total. The summed E-state index contributed by atoms with van der Waals surface area (Å²) >= 11 is 0. The third-order valence-electron chi connectivity index (χ3n) is 3.09. The summed E-state index contributed by atoms with van der Waals surface area (Å²) < 4.78 is 5.26. The van der Waals surface area contributed by atoms with Gasteiger partial charge in [0.25, 0.3) is 0 Å². The van der Waals surface area contributed by atoms with E-state index in [1.54, 1.807) is 19.1 Å². The number of nitrogens with zero attached hydrogens (tertiary/aromatic N) is 1. The zero-order valence-corrected chi connectivity index (χ0v) is 12.2. The lowest BCUT2D eigenvalue weighted by Gasteiger charge is -2.15. The Labute approximate surface area is 123 Å². The Morgan fingerprint density at radius 2 is 2.19 bits per heavy atom. The molecular weight excluding hydrogens is 276 g/mol. The van der Waals surface area contributed by atoms with E-state index in [4.69, 9.17) is 9.84 Å². The van der Waals surface area contributed by atoms with Gasteiger partial charge in [0.05, 0.1) is 11.5 Å². The molecule has 1 rings (SSSR count). The molecule has 0 aliphatic rings. The Morgan fingerprint density at radius 1 is 1.48 bits per heavy atom. The van der Waals surface area contributed by atoms with E-state index in [1.165, 1.54) is 6.07 Å². The number of anilines is 1. The first-order chi connectivity index (χ1) is 9.97. The SMILES string of the molecule is CCOc1cc(NCC(CC)CC(=O)O)ccc1[N+](=O)[O-]. The molecule has 0 saturated heterocycles. The van der Waals surface area contributed by atoms with Crippen LogP contribution in [0, 0.1) is 16.0 Å². The summed E-state index contributed by atoms with van der Waals surface area (Å²) in [6.45, 7) is 4.51. The Kier molecular flexibility index (Phi) is 6.45. The van der Waals surface area contributed by atoms with E-state index in [-0.39, 0.29) is 23.8 Å². The van der Waals surface area contributed by atoms with Crippen molar-refractivity contribution in [2.24, 2.45) is 5.92 Å². The summed E-state index contributed by atoms with van der Waals surface area (Å²) in [7, 11) is 0. The van der Waals surface area contributed by atoms with Crippen LogP contribution >= 0.6 is 0 Å². The molecular formula is C14H20N2O5. The van der Waals surface area contributed by atoms with Crippen molar-refractivity contribution in [3.8, 4) is 5.75 Å². The van der Waals surface area contributed by atoms with Gasteiger partial charge in [-0.15, -0.1) is 0 Å². The van der Waals surface area contributed by atoms with E-state index in [1.807, 2.05) is 6.92 Å². The van der Waals surface area contributed by atoms with Gasteiger partial charge in [0.15, 0.2) is 5.75 Å². The highest BCUT2D eigenvalue weighted by atomic mass is 16.6. The van der Waals surface area contributed by atoms with E-state index in [0.717, 1.165) is 6.42 Å². The van der Waals surface area contributed by atoms with Crippen LogP contribution in [-0.2, 0) is 4.79 Å². The van der Waals surface area contributed by atoms with Gasteiger partial charge in [-0.3, -0.25) is 14.9 Å². The molecule has 0 amide bonds. The summed E-state index contributed by atoms with van der Waals surface area (Å²) in [6, 6.07) is 4.54. The first-order valence-corrected chi connectivity index (χ1v) is 6.84. The molecule has 1 unspecified atom stereocenters. The number of ether oxygens (including phenoxy) is 1. The fourth-order valence-corrected chi connectivity index (χ4v) is 1.92. The molecule has 0 saturated carbocycles. The predicted octanol–water partition coefficient (Wildman–Crippen LogP) is 2.91. The van der Waals surface area contributed by atoms with Gasteiger partial charge >= 0.3 is 11.7 Å². The second-order valence-corrected chi connectivity index (χ2v) is 4.63. The molecule has 7 heteroatoms. The van der Waals surface area contributed by atoms with Gasteiger partial charge in [-0.2, -0.15) is 0 Å². The van der Waals surface area contributed by atoms with Crippen molar-refractivity contribution in [2.75, 3.05) is 18.5 Å². The van der Waals surface area contributed by atoms with Gasteiger partial charge < -0.3 is 15.2 Å². The van der Waals surface area contributed by atoms with E-state index < -0.39 is 10.9 Å². The lowest BCUT2D eigenvalue weighted by Crippen LogP contribution is -2.17.